The van der Waals surface area contributed by atoms with Crippen molar-refractivity contribution in [2.45, 2.75) is 18.7 Å². The number of ether oxygens (including phenoxy) is 1. The quantitative estimate of drug-likeness (QED) is 0.625. The molecule has 0 radical (unpaired) electrons. The summed E-state index contributed by atoms with van der Waals surface area (Å²) >= 11 is 0. The molecule has 1 aromatic heterocycles. The molecule has 8 heteroatoms. The van der Waals surface area contributed by atoms with Crippen molar-refractivity contribution in [2.24, 2.45) is 0 Å². The van der Waals surface area contributed by atoms with Crippen LogP contribution in [-0.2, 0) is 14.8 Å². The molecule has 0 aliphatic carbocycles. The van der Waals surface area contributed by atoms with Gasteiger partial charge >= 0.3 is 0 Å². The highest BCUT2D eigenvalue weighted by atomic mass is 32.2. The van der Waals surface area contributed by atoms with Crippen molar-refractivity contribution in [2.75, 3.05) is 23.3 Å². The minimum absolute atomic E-state index is 0.0945. The third-order valence-corrected chi connectivity index (χ3v) is 6.27. The largest absolute Gasteiger partial charge is 0.497 e. The fourth-order valence-electron chi connectivity index (χ4n) is 2.88. The SMILES string of the molecule is COc1ccc(C)c(N(CC(=O)Nc2ccc(C)nc2)S(=O)(=O)c2ccccc2)c1. The number of anilines is 2. The maximum absolute atomic E-state index is 13.4. The van der Waals surface area contributed by atoms with E-state index in [1.807, 2.05) is 6.92 Å². The van der Waals surface area contributed by atoms with E-state index in [2.05, 4.69) is 10.3 Å². The number of hydrogen-bond acceptors (Lipinski definition) is 5. The lowest BCUT2D eigenvalue weighted by Gasteiger charge is -2.26. The maximum Gasteiger partial charge on any atom is 0.264 e. The van der Waals surface area contributed by atoms with Crippen LogP contribution in [0.25, 0.3) is 0 Å². The highest BCUT2D eigenvalue weighted by molar-refractivity contribution is 7.92. The first-order chi connectivity index (χ1) is 14.3. The van der Waals surface area contributed by atoms with Crippen molar-refractivity contribution < 1.29 is 17.9 Å². The van der Waals surface area contributed by atoms with E-state index in [0.717, 1.165) is 10.00 Å². The Morgan fingerprint density at radius 2 is 1.80 bits per heavy atom. The molecular formula is C22H23N3O4S. The second-order valence-electron chi connectivity index (χ2n) is 6.71. The first-order valence-electron chi connectivity index (χ1n) is 9.26. The van der Waals surface area contributed by atoms with Crippen LogP contribution < -0.4 is 14.4 Å². The monoisotopic (exact) mass is 425 g/mol. The number of methoxy groups -OCH3 is 1. The van der Waals surface area contributed by atoms with Crippen LogP contribution in [-0.4, -0.2) is 33.0 Å². The van der Waals surface area contributed by atoms with Crippen LogP contribution in [0, 0.1) is 13.8 Å². The molecular weight excluding hydrogens is 402 g/mol. The number of amides is 1. The summed E-state index contributed by atoms with van der Waals surface area (Å²) in [5.41, 5.74) is 2.37. The molecule has 1 amide bonds. The molecule has 0 atom stereocenters. The molecule has 3 rings (SSSR count). The Bertz CT molecular complexity index is 1130. The summed E-state index contributed by atoms with van der Waals surface area (Å²) in [6.45, 7) is 3.22. The summed E-state index contributed by atoms with van der Waals surface area (Å²) in [6.07, 6.45) is 1.53. The van der Waals surface area contributed by atoms with Crippen LogP contribution in [0.3, 0.4) is 0 Å². The number of sulfonamides is 1. The van der Waals surface area contributed by atoms with Gasteiger partial charge in [-0.15, -0.1) is 0 Å². The average molecular weight is 426 g/mol. The second-order valence-corrected chi connectivity index (χ2v) is 8.58. The molecule has 0 saturated heterocycles. The van der Waals surface area contributed by atoms with Gasteiger partial charge in [0.25, 0.3) is 10.0 Å². The number of rotatable bonds is 7. The van der Waals surface area contributed by atoms with Gasteiger partial charge < -0.3 is 10.1 Å². The van der Waals surface area contributed by atoms with Crippen molar-refractivity contribution in [1.29, 1.82) is 0 Å². The normalized spacial score (nSPS) is 11.0. The van der Waals surface area contributed by atoms with Gasteiger partial charge in [-0.2, -0.15) is 0 Å². The van der Waals surface area contributed by atoms with Gasteiger partial charge in [0.05, 0.1) is 29.6 Å². The van der Waals surface area contributed by atoms with Crippen LogP contribution in [0.5, 0.6) is 5.75 Å². The van der Waals surface area contributed by atoms with Gasteiger partial charge in [-0.3, -0.25) is 14.1 Å². The Balaban J connectivity index is 1.99. The molecule has 0 aliphatic heterocycles. The molecule has 3 aromatic rings. The van der Waals surface area contributed by atoms with Crippen molar-refractivity contribution in [1.82, 2.24) is 4.98 Å². The number of carbonyl (C=O) groups excluding carboxylic acids is 1. The number of hydrogen-bond donors (Lipinski definition) is 1. The van der Waals surface area contributed by atoms with E-state index in [1.54, 1.807) is 55.5 Å². The number of pyridine rings is 1. The summed E-state index contributed by atoms with van der Waals surface area (Å²) in [5, 5.41) is 2.70. The minimum atomic E-state index is -3.99. The van der Waals surface area contributed by atoms with Crippen molar-refractivity contribution in [3.05, 3.63) is 78.1 Å². The smallest absolute Gasteiger partial charge is 0.264 e. The topological polar surface area (TPSA) is 88.6 Å². The molecule has 2 aromatic carbocycles. The zero-order valence-corrected chi connectivity index (χ0v) is 17.8. The first-order valence-corrected chi connectivity index (χ1v) is 10.7. The van der Waals surface area contributed by atoms with E-state index in [1.165, 1.54) is 25.4 Å². The first kappa shape index (κ1) is 21.3. The molecule has 0 saturated carbocycles. The Labute approximate surface area is 176 Å². The van der Waals surface area contributed by atoms with Crippen LogP contribution in [0.2, 0.25) is 0 Å². The van der Waals surface area contributed by atoms with Gasteiger partial charge in [0.2, 0.25) is 5.91 Å². The van der Waals surface area contributed by atoms with Gasteiger partial charge in [0, 0.05) is 11.8 Å². The summed E-state index contributed by atoms with van der Waals surface area (Å²) in [5.74, 6) is 0.00869. The number of carbonyl (C=O) groups is 1. The molecule has 0 unspecified atom stereocenters. The van der Waals surface area contributed by atoms with Gasteiger partial charge in [-0.25, -0.2) is 8.42 Å². The molecule has 7 nitrogen and oxygen atoms in total. The highest BCUT2D eigenvalue weighted by Gasteiger charge is 2.28. The lowest BCUT2D eigenvalue weighted by Crippen LogP contribution is -2.38. The van der Waals surface area contributed by atoms with E-state index < -0.39 is 22.5 Å². The maximum atomic E-state index is 13.4. The fourth-order valence-corrected chi connectivity index (χ4v) is 4.38. The second kappa shape index (κ2) is 8.96. The highest BCUT2D eigenvalue weighted by Crippen LogP contribution is 2.30. The number of aromatic nitrogens is 1. The van der Waals surface area contributed by atoms with Gasteiger partial charge in [-0.1, -0.05) is 24.3 Å². The molecule has 1 heterocycles. The zero-order valence-electron chi connectivity index (χ0n) is 17.0. The van der Waals surface area contributed by atoms with E-state index in [0.29, 0.717) is 22.7 Å². The average Bonchev–Trinajstić information content (AvgIpc) is 2.75. The van der Waals surface area contributed by atoms with E-state index in [4.69, 9.17) is 4.74 Å². The number of nitrogens with zero attached hydrogens (tertiary/aromatic N) is 2. The minimum Gasteiger partial charge on any atom is -0.497 e. The number of nitrogens with one attached hydrogen (secondary N) is 1. The number of aryl methyl sites for hydroxylation is 2. The van der Waals surface area contributed by atoms with Gasteiger partial charge in [0.1, 0.15) is 12.3 Å². The molecule has 0 fully saturated rings. The van der Waals surface area contributed by atoms with Crippen LogP contribution in [0.1, 0.15) is 11.3 Å². The van der Waals surface area contributed by atoms with Crippen molar-refractivity contribution in [3.63, 3.8) is 0 Å². The van der Waals surface area contributed by atoms with E-state index >= 15 is 0 Å². The lowest BCUT2D eigenvalue weighted by atomic mass is 10.2. The van der Waals surface area contributed by atoms with Crippen LogP contribution in [0.15, 0.2) is 71.8 Å². The Kier molecular flexibility index (Phi) is 6.37. The fraction of sp³-hybridized carbons (Fsp3) is 0.182. The van der Waals surface area contributed by atoms with E-state index in [9.17, 15) is 13.2 Å². The zero-order chi connectivity index (χ0) is 21.7. The standard InChI is InChI=1S/C22H23N3O4S/c1-16-9-12-19(29-3)13-21(16)25(30(27,28)20-7-5-4-6-8-20)15-22(26)24-18-11-10-17(2)23-14-18/h4-14H,15H2,1-3H3,(H,24,26). The summed E-state index contributed by atoms with van der Waals surface area (Å²) in [7, 11) is -2.49. The molecule has 0 aliphatic rings. The van der Waals surface area contributed by atoms with Crippen molar-refractivity contribution in [3.8, 4) is 5.75 Å². The van der Waals surface area contributed by atoms with Gasteiger partial charge in [0.15, 0.2) is 0 Å². The Morgan fingerprint density at radius 3 is 2.43 bits per heavy atom. The lowest BCUT2D eigenvalue weighted by molar-refractivity contribution is -0.114. The molecule has 1 N–H and O–H groups in total. The van der Waals surface area contributed by atoms with Crippen LogP contribution in [0.4, 0.5) is 11.4 Å². The third kappa shape index (κ3) is 4.77. The Morgan fingerprint density at radius 1 is 1.07 bits per heavy atom. The van der Waals surface area contributed by atoms with Gasteiger partial charge in [-0.05, 0) is 49.7 Å². The predicted molar refractivity (Wildman–Crippen MR) is 116 cm³/mol. The predicted octanol–water partition coefficient (Wildman–Crippen LogP) is 3.54. The number of benzene rings is 2. The summed E-state index contributed by atoms with van der Waals surface area (Å²) in [6, 6.07) is 16.6. The third-order valence-electron chi connectivity index (χ3n) is 4.50. The summed E-state index contributed by atoms with van der Waals surface area (Å²) in [4.78, 5) is 17.0. The van der Waals surface area contributed by atoms with E-state index in [-0.39, 0.29) is 4.90 Å². The Hall–Kier alpha value is -3.39. The molecule has 0 spiro atoms. The van der Waals surface area contributed by atoms with Crippen molar-refractivity contribution >= 4 is 27.3 Å². The molecule has 30 heavy (non-hydrogen) atoms. The molecule has 156 valence electrons. The molecule has 0 bridgehead atoms. The summed E-state index contributed by atoms with van der Waals surface area (Å²) < 4.78 is 33.2. The van der Waals surface area contributed by atoms with Crippen LogP contribution >= 0.6 is 0 Å².